The van der Waals surface area contributed by atoms with Gasteiger partial charge in [0.15, 0.2) is 11.5 Å². The van der Waals surface area contributed by atoms with Crippen LogP contribution >= 0.6 is 0 Å². The summed E-state index contributed by atoms with van der Waals surface area (Å²) < 4.78 is 16.9. The van der Waals surface area contributed by atoms with Gasteiger partial charge in [-0.3, -0.25) is 0 Å². The third kappa shape index (κ3) is 3.70. The van der Waals surface area contributed by atoms with Crippen LogP contribution < -0.4 is 9.47 Å². The lowest BCUT2D eigenvalue weighted by Gasteiger charge is -2.16. The number of carbonyl (C=O) groups is 1. The molecule has 0 bridgehead atoms. The number of rotatable bonds is 5. The van der Waals surface area contributed by atoms with Crippen LogP contribution in [0.2, 0.25) is 0 Å². The summed E-state index contributed by atoms with van der Waals surface area (Å²) in [5.41, 5.74) is 5.75. The molecule has 0 fully saturated rings. The number of ether oxygens (including phenoxy) is 3. The van der Waals surface area contributed by atoms with Crippen molar-refractivity contribution in [2.45, 2.75) is 32.3 Å². The first-order chi connectivity index (χ1) is 15.1. The topological polar surface area (TPSA) is 44.8 Å². The van der Waals surface area contributed by atoms with E-state index in [4.69, 9.17) is 14.2 Å². The van der Waals surface area contributed by atoms with Gasteiger partial charge in [-0.2, -0.15) is 0 Å². The van der Waals surface area contributed by atoms with Crippen LogP contribution in [0.3, 0.4) is 0 Å². The van der Waals surface area contributed by atoms with Crippen molar-refractivity contribution in [3.63, 3.8) is 0 Å². The zero-order valence-electron chi connectivity index (χ0n) is 17.6. The summed E-state index contributed by atoms with van der Waals surface area (Å²) in [6.07, 6.45) is 0.224. The monoisotopic (exact) mass is 412 g/mol. The predicted octanol–water partition coefficient (Wildman–Crippen LogP) is 5.83. The smallest absolute Gasteiger partial charge is 0.339 e. The van der Waals surface area contributed by atoms with E-state index in [1.165, 1.54) is 5.56 Å². The Kier molecular flexibility index (Phi) is 4.99. The van der Waals surface area contributed by atoms with Crippen LogP contribution in [0.5, 0.6) is 11.5 Å². The fraction of sp³-hybridized carbons (Fsp3) is 0.222. The molecule has 0 N–H and O–H groups in total. The minimum Gasteiger partial charge on any atom is -0.454 e. The second-order valence-electron chi connectivity index (χ2n) is 8.24. The molecule has 4 heteroatoms. The minimum absolute atomic E-state index is 0.198. The van der Waals surface area contributed by atoms with Crippen LogP contribution in [0.1, 0.15) is 48.1 Å². The Morgan fingerprint density at radius 3 is 2.39 bits per heavy atom. The van der Waals surface area contributed by atoms with E-state index >= 15 is 0 Å². The van der Waals surface area contributed by atoms with Crippen molar-refractivity contribution in [3.8, 4) is 11.5 Å². The van der Waals surface area contributed by atoms with Gasteiger partial charge in [-0.1, -0.05) is 74.5 Å². The van der Waals surface area contributed by atoms with Gasteiger partial charge in [0.1, 0.15) is 6.10 Å². The maximum absolute atomic E-state index is 13.1. The lowest BCUT2D eigenvalue weighted by atomic mass is 9.89. The van der Waals surface area contributed by atoms with Crippen LogP contribution in [0, 0.1) is 0 Å². The number of benzene rings is 3. The first kappa shape index (κ1) is 19.4. The second-order valence-corrected chi connectivity index (χ2v) is 8.24. The lowest BCUT2D eigenvalue weighted by Crippen LogP contribution is -2.05. The molecule has 3 aromatic carbocycles. The van der Waals surface area contributed by atoms with Gasteiger partial charge in [0, 0.05) is 0 Å². The SMILES string of the molecule is CC(C)c1ccc(C2OC(=O)C(c3ccc4c(c3)OCO4)=C2Cc2ccccc2)cc1. The van der Waals surface area contributed by atoms with E-state index in [2.05, 4.69) is 50.2 Å². The molecule has 0 aromatic heterocycles. The number of hydrogen-bond donors (Lipinski definition) is 0. The van der Waals surface area contributed by atoms with E-state index in [1.807, 2.05) is 36.4 Å². The number of esters is 1. The van der Waals surface area contributed by atoms with E-state index in [9.17, 15) is 4.79 Å². The maximum Gasteiger partial charge on any atom is 0.339 e. The molecule has 31 heavy (non-hydrogen) atoms. The summed E-state index contributed by atoms with van der Waals surface area (Å²) in [5.74, 6) is 1.49. The zero-order chi connectivity index (χ0) is 21.4. The number of carbonyl (C=O) groups excluding carboxylic acids is 1. The maximum atomic E-state index is 13.1. The molecule has 5 rings (SSSR count). The highest BCUT2D eigenvalue weighted by molar-refractivity contribution is 6.20. The van der Waals surface area contributed by atoms with Crippen LogP contribution in [0.4, 0.5) is 0 Å². The van der Waals surface area contributed by atoms with Gasteiger partial charge in [0.2, 0.25) is 6.79 Å². The average molecular weight is 412 g/mol. The predicted molar refractivity (Wildman–Crippen MR) is 119 cm³/mol. The molecular formula is C27H24O4. The van der Waals surface area contributed by atoms with Gasteiger partial charge in [-0.15, -0.1) is 0 Å². The lowest BCUT2D eigenvalue weighted by molar-refractivity contribution is -0.138. The van der Waals surface area contributed by atoms with Crippen molar-refractivity contribution >= 4 is 11.5 Å². The number of hydrogen-bond acceptors (Lipinski definition) is 4. The highest BCUT2D eigenvalue weighted by Gasteiger charge is 2.36. The van der Waals surface area contributed by atoms with Crippen molar-refractivity contribution in [2.75, 3.05) is 6.79 Å². The van der Waals surface area contributed by atoms with E-state index in [0.717, 1.165) is 22.3 Å². The third-order valence-corrected chi connectivity index (χ3v) is 5.87. The van der Waals surface area contributed by atoms with E-state index in [1.54, 1.807) is 0 Å². The van der Waals surface area contributed by atoms with Gasteiger partial charge in [0.05, 0.1) is 5.57 Å². The summed E-state index contributed by atoms with van der Waals surface area (Å²) in [4.78, 5) is 13.1. The van der Waals surface area contributed by atoms with Gasteiger partial charge in [-0.25, -0.2) is 4.79 Å². The Hall–Kier alpha value is -3.53. The normalized spacial score (nSPS) is 17.4. The van der Waals surface area contributed by atoms with Gasteiger partial charge in [0.25, 0.3) is 0 Å². The van der Waals surface area contributed by atoms with Crippen molar-refractivity contribution in [1.29, 1.82) is 0 Å². The average Bonchev–Trinajstić information content (AvgIpc) is 3.38. The summed E-state index contributed by atoms with van der Waals surface area (Å²) in [5, 5.41) is 0. The Bertz CT molecular complexity index is 1140. The van der Waals surface area contributed by atoms with Gasteiger partial charge in [-0.05, 0) is 52.3 Å². The molecule has 4 nitrogen and oxygen atoms in total. The molecule has 0 spiro atoms. The molecular weight excluding hydrogens is 388 g/mol. The highest BCUT2D eigenvalue weighted by Crippen LogP contribution is 2.43. The summed E-state index contributed by atoms with van der Waals surface area (Å²) in [6.45, 7) is 4.54. The van der Waals surface area contributed by atoms with Crippen molar-refractivity contribution in [3.05, 3.63) is 101 Å². The first-order valence-electron chi connectivity index (χ1n) is 10.6. The highest BCUT2D eigenvalue weighted by atomic mass is 16.7. The quantitative estimate of drug-likeness (QED) is 0.495. The van der Waals surface area contributed by atoms with Gasteiger partial charge >= 0.3 is 5.97 Å². The third-order valence-electron chi connectivity index (χ3n) is 5.87. The van der Waals surface area contributed by atoms with E-state index in [-0.39, 0.29) is 12.8 Å². The minimum atomic E-state index is -0.408. The van der Waals surface area contributed by atoms with E-state index < -0.39 is 6.10 Å². The van der Waals surface area contributed by atoms with Crippen LogP contribution in [-0.4, -0.2) is 12.8 Å². The summed E-state index contributed by atoms with van der Waals surface area (Å²) in [7, 11) is 0. The Morgan fingerprint density at radius 1 is 0.903 bits per heavy atom. The molecule has 0 saturated carbocycles. The molecule has 0 aliphatic carbocycles. The molecule has 2 aliphatic heterocycles. The Balaban J connectivity index is 1.60. The van der Waals surface area contributed by atoms with Crippen LogP contribution in [0.25, 0.3) is 5.57 Å². The van der Waals surface area contributed by atoms with Crippen LogP contribution in [0.15, 0.2) is 78.4 Å². The fourth-order valence-corrected chi connectivity index (χ4v) is 4.18. The summed E-state index contributed by atoms with van der Waals surface area (Å²) in [6, 6.07) is 24.2. The van der Waals surface area contributed by atoms with Gasteiger partial charge < -0.3 is 14.2 Å². The van der Waals surface area contributed by atoms with Crippen LogP contribution in [-0.2, 0) is 16.0 Å². The molecule has 1 atom stereocenters. The molecule has 1 unspecified atom stereocenters. The van der Waals surface area contributed by atoms with Crippen molar-refractivity contribution in [2.24, 2.45) is 0 Å². The molecule has 2 aliphatic rings. The van der Waals surface area contributed by atoms with Crippen molar-refractivity contribution in [1.82, 2.24) is 0 Å². The molecule has 0 amide bonds. The zero-order valence-corrected chi connectivity index (χ0v) is 17.6. The Morgan fingerprint density at radius 2 is 1.65 bits per heavy atom. The largest absolute Gasteiger partial charge is 0.454 e. The number of cyclic esters (lactones) is 1. The number of fused-ring (bicyclic) bond motifs is 1. The Labute approximate surface area is 182 Å². The fourth-order valence-electron chi connectivity index (χ4n) is 4.18. The molecule has 2 heterocycles. The van der Waals surface area contributed by atoms with E-state index in [0.29, 0.717) is 29.4 Å². The molecule has 0 saturated heterocycles. The second kappa shape index (κ2) is 7.95. The summed E-state index contributed by atoms with van der Waals surface area (Å²) >= 11 is 0. The van der Waals surface area contributed by atoms with Crippen molar-refractivity contribution < 1.29 is 19.0 Å². The first-order valence-corrected chi connectivity index (χ1v) is 10.6. The molecule has 0 radical (unpaired) electrons. The molecule has 3 aromatic rings. The standard InChI is InChI=1S/C27H24O4/c1-17(2)19-8-10-20(11-9-19)26-22(14-18-6-4-3-5-7-18)25(27(28)31-26)21-12-13-23-24(15-21)30-16-29-23/h3-13,15,17,26H,14,16H2,1-2H3. The molecule has 156 valence electrons.